The number of furan rings is 1. The zero-order chi connectivity index (χ0) is 15.6. The highest BCUT2D eigenvalue weighted by Crippen LogP contribution is 2.33. The van der Waals surface area contributed by atoms with Crippen LogP contribution in [-0.2, 0) is 0 Å². The van der Waals surface area contributed by atoms with E-state index in [1.165, 1.54) is 24.3 Å². The lowest BCUT2D eigenvalue weighted by Gasteiger charge is -2.13. The van der Waals surface area contributed by atoms with E-state index in [1.54, 1.807) is 0 Å². The van der Waals surface area contributed by atoms with Crippen LogP contribution in [0.1, 0.15) is 10.6 Å². The second kappa shape index (κ2) is 5.98. The summed E-state index contributed by atoms with van der Waals surface area (Å²) in [6.07, 6.45) is -4.88. The summed E-state index contributed by atoms with van der Waals surface area (Å²) in [7, 11) is 0. The number of rotatable bonds is 3. The molecule has 0 aliphatic heterocycles. The Bertz CT molecular complexity index is 672. The Morgan fingerprint density at radius 3 is 2.57 bits per heavy atom. The first-order chi connectivity index (χ1) is 9.74. The van der Waals surface area contributed by atoms with E-state index in [2.05, 4.69) is 26.0 Å². The highest BCUT2D eigenvalue weighted by molar-refractivity contribution is 9.10. The monoisotopic (exact) mass is 383 g/mol. The van der Waals surface area contributed by atoms with Gasteiger partial charge >= 0.3 is 6.36 Å². The quantitative estimate of drug-likeness (QED) is 0.823. The SMILES string of the molecule is O=C(Nc1ccc(Br)cc1OC(F)(F)F)c1ccc(Cl)o1. The van der Waals surface area contributed by atoms with Crippen molar-refractivity contribution >= 4 is 39.1 Å². The first kappa shape index (κ1) is 15.7. The smallest absolute Gasteiger partial charge is 0.440 e. The van der Waals surface area contributed by atoms with Crippen LogP contribution in [-0.4, -0.2) is 12.3 Å². The minimum Gasteiger partial charge on any atom is -0.440 e. The molecule has 0 saturated heterocycles. The molecule has 21 heavy (non-hydrogen) atoms. The Kier molecular flexibility index (Phi) is 4.48. The summed E-state index contributed by atoms with van der Waals surface area (Å²) in [6, 6.07) is 6.42. The van der Waals surface area contributed by atoms with Crippen LogP contribution in [0.5, 0.6) is 5.75 Å². The summed E-state index contributed by atoms with van der Waals surface area (Å²) in [6.45, 7) is 0. The molecule has 1 aromatic carbocycles. The highest BCUT2D eigenvalue weighted by atomic mass is 79.9. The molecule has 0 aliphatic rings. The maximum atomic E-state index is 12.3. The Hall–Kier alpha value is -1.67. The molecule has 0 radical (unpaired) electrons. The van der Waals surface area contributed by atoms with Gasteiger partial charge in [-0.05, 0) is 41.9 Å². The molecule has 2 rings (SSSR count). The average Bonchev–Trinajstić information content (AvgIpc) is 2.77. The Morgan fingerprint density at radius 1 is 1.29 bits per heavy atom. The van der Waals surface area contributed by atoms with Crippen LogP contribution in [0.15, 0.2) is 39.2 Å². The van der Waals surface area contributed by atoms with Gasteiger partial charge in [0.2, 0.25) is 0 Å². The lowest BCUT2D eigenvalue weighted by Crippen LogP contribution is -2.19. The fourth-order valence-corrected chi connectivity index (χ4v) is 1.91. The van der Waals surface area contributed by atoms with Gasteiger partial charge in [0.15, 0.2) is 16.7 Å². The number of amides is 1. The van der Waals surface area contributed by atoms with Gasteiger partial charge in [-0.2, -0.15) is 0 Å². The normalized spacial score (nSPS) is 11.3. The summed E-state index contributed by atoms with van der Waals surface area (Å²) in [4.78, 5) is 11.8. The molecule has 112 valence electrons. The topological polar surface area (TPSA) is 51.5 Å². The number of benzene rings is 1. The molecule has 0 spiro atoms. The molecule has 0 saturated carbocycles. The van der Waals surface area contributed by atoms with E-state index < -0.39 is 18.0 Å². The van der Waals surface area contributed by atoms with Crippen LogP contribution in [0.3, 0.4) is 0 Å². The van der Waals surface area contributed by atoms with Crippen molar-refractivity contribution in [2.24, 2.45) is 0 Å². The van der Waals surface area contributed by atoms with Crippen LogP contribution < -0.4 is 10.1 Å². The van der Waals surface area contributed by atoms with Crippen molar-refractivity contribution in [3.05, 3.63) is 45.8 Å². The van der Waals surface area contributed by atoms with E-state index in [4.69, 9.17) is 16.0 Å². The maximum absolute atomic E-state index is 12.3. The zero-order valence-electron chi connectivity index (χ0n) is 10.0. The second-order valence-electron chi connectivity index (χ2n) is 3.75. The van der Waals surface area contributed by atoms with E-state index in [9.17, 15) is 18.0 Å². The summed E-state index contributed by atoms with van der Waals surface area (Å²) in [5, 5.41) is 2.24. The summed E-state index contributed by atoms with van der Waals surface area (Å²) < 4.78 is 46.1. The van der Waals surface area contributed by atoms with Gasteiger partial charge in [-0.25, -0.2) is 0 Å². The first-order valence-corrected chi connectivity index (χ1v) is 6.54. The molecule has 0 bridgehead atoms. The van der Waals surface area contributed by atoms with Crippen molar-refractivity contribution in [1.82, 2.24) is 0 Å². The van der Waals surface area contributed by atoms with Gasteiger partial charge in [-0.15, -0.1) is 13.2 Å². The first-order valence-electron chi connectivity index (χ1n) is 5.36. The van der Waals surface area contributed by atoms with Gasteiger partial charge in [0, 0.05) is 4.47 Å². The minimum atomic E-state index is -4.88. The number of carbonyl (C=O) groups excluding carboxylic acids is 1. The molecule has 1 amide bonds. The third-order valence-corrected chi connectivity index (χ3v) is 2.91. The Morgan fingerprint density at radius 2 is 2.00 bits per heavy atom. The van der Waals surface area contributed by atoms with E-state index >= 15 is 0 Å². The van der Waals surface area contributed by atoms with Crippen molar-refractivity contribution in [2.75, 3.05) is 5.32 Å². The van der Waals surface area contributed by atoms with Crippen molar-refractivity contribution in [3.63, 3.8) is 0 Å². The van der Waals surface area contributed by atoms with E-state index in [-0.39, 0.29) is 16.7 Å². The maximum Gasteiger partial charge on any atom is 0.573 e. The molecule has 0 fully saturated rings. The van der Waals surface area contributed by atoms with Gasteiger partial charge in [-0.3, -0.25) is 4.79 Å². The van der Waals surface area contributed by atoms with Crippen molar-refractivity contribution in [1.29, 1.82) is 0 Å². The van der Waals surface area contributed by atoms with Crippen LogP contribution in [0.25, 0.3) is 0 Å². The number of hydrogen-bond donors (Lipinski definition) is 1. The Balaban J connectivity index is 2.25. The number of halogens is 5. The van der Waals surface area contributed by atoms with Crippen molar-refractivity contribution in [3.8, 4) is 5.75 Å². The molecular formula is C12H6BrClF3NO3. The molecule has 2 aromatic rings. The number of hydrogen-bond acceptors (Lipinski definition) is 3. The molecule has 0 atom stereocenters. The van der Waals surface area contributed by atoms with E-state index in [0.29, 0.717) is 4.47 Å². The largest absolute Gasteiger partial charge is 0.573 e. The summed E-state index contributed by atoms with van der Waals surface area (Å²) in [5.41, 5.74) is -0.159. The standard InChI is InChI=1S/C12H6BrClF3NO3/c13-6-1-2-7(9(5-6)21-12(15,16)17)18-11(19)8-3-4-10(14)20-8/h1-5H,(H,18,19). The number of nitrogens with one attached hydrogen (secondary N) is 1. The van der Waals surface area contributed by atoms with Gasteiger partial charge in [0.25, 0.3) is 5.91 Å². The van der Waals surface area contributed by atoms with E-state index in [0.717, 1.165) is 6.07 Å². The fourth-order valence-electron chi connectivity index (χ4n) is 1.43. The van der Waals surface area contributed by atoms with E-state index in [1.807, 2.05) is 0 Å². The third-order valence-electron chi connectivity index (χ3n) is 2.21. The predicted octanol–water partition coefficient (Wildman–Crippen LogP) is 4.85. The van der Waals surface area contributed by atoms with Gasteiger partial charge in [-0.1, -0.05) is 15.9 Å². The average molecular weight is 385 g/mol. The van der Waals surface area contributed by atoms with Crippen molar-refractivity contribution < 1.29 is 27.1 Å². The fraction of sp³-hybridized carbons (Fsp3) is 0.0833. The molecule has 1 aromatic heterocycles. The van der Waals surface area contributed by atoms with Crippen molar-refractivity contribution in [2.45, 2.75) is 6.36 Å². The lowest BCUT2D eigenvalue weighted by atomic mass is 10.3. The van der Waals surface area contributed by atoms with Gasteiger partial charge < -0.3 is 14.5 Å². The van der Waals surface area contributed by atoms with Crippen LogP contribution in [0.2, 0.25) is 5.22 Å². The van der Waals surface area contributed by atoms with Crippen LogP contribution in [0, 0.1) is 0 Å². The van der Waals surface area contributed by atoms with Crippen LogP contribution in [0.4, 0.5) is 18.9 Å². The van der Waals surface area contributed by atoms with Gasteiger partial charge in [0.05, 0.1) is 5.69 Å². The number of anilines is 1. The molecule has 4 nitrogen and oxygen atoms in total. The number of carbonyl (C=O) groups is 1. The molecule has 9 heteroatoms. The molecule has 0 unspecified atom stereocenters. The zero-order valence-corrected chi connectivity index (χ0v) is 12.3. The molecule has 0 aliphatic carbocycles. The summed E-state index contributed by atoms with van der Waals surface area (Å²) in [5.74, 6) is -1.44. The van der Waals surface area contributed by atoms with Gasteiger partial charge in [0.1, 0.15) is 0 Å². The van der Waals surface area contributed by atoms with Crippen LogP contribution >= 0.6 is 27.5 Å². The third kappa shape index (κ3) is 4.40. The lowest BCUT2D eigenvalue weighted by molar-refractivity contribution is -0.274. The highest BCUT2D eigenvalue weighted by Gasteiger charge is 2.32. The molecule has 1 N–H and O–H groups in total. The Labute approximate surface area is 130 Å². The minimum absolute atomic E-state index is 0.0114. The second-order valence-corrected chi connectivity index (χ2v) is 5.03. The predicted molar refractivity (Wildman–Crippen MR) is 72.5 cm³/mol. The number of alkyl halides is 3. The molecular weight excluding hydrogens is 378 g/mol. The summed E-state index contributed by atoms with van der Waals surface area (Å²) >= 11 is 8.54. The number of ether oxygens (including phenoxy) is 1. The molecule has 1 heterocycles.